The molecule has 1 unspecified atom stereocenters. The summed E-state index contributed by atoms with van der Waals surface area (Å²) in [7, 11) is 0. The van der Waals surface area contributed by atoms with Crippen LogP contribution in [-0.2, 0) is 12.2 Å². The van der Waals surface area contributed by atoms with E-state index in [0.29, 0.717) is 0 Å². The standard InChI is InChI=1S/C10H17N3S/c1-3-14-7-10-12-5-4-9(13-10)6-8(2)11/h4-5,8H,3,6-7,11H2,1-2H3. The van der Waals surface area contributed by atoms with E-state index >= 15 is 0 Å². The summed E-state index contributed by atoms with van der Waals surface area (Å²) < 4.78 is 0. The van der Waals surface area contributed by atoms with Gasteiger partial charge in [-0.25, -0.2) is 9.97 Å². The van der Waals surface area contributed by atoms with Crippen molar-refractivity contribution in [3.63, 3.8) is 0 Å². The van der Waals surface area contributed by atoms with Crippen LogP contribution in [0.3, 0.4) is 0 Å². The first kappa shape index (κ1) is 11.5. The predicted molar refractivity (Wildman–Crippen MR) is 61.2 cm³/mol. The van der Waals surface area contributed by atoms with Gasteiger partial charge in [-0.2, -0.15) is 11.8 Å². The van der Waals surface area contributed by atoms with Crippen molar-refractivity contribution in [2.45, 2.75) is 32.1 Å². The van der Waals surface area contributed by atoms with E-state index in [-0.39, 0.29) is 6.04 Å². The normalized spacial score (nSPS) is 12.8. The highest BCUT2D eigenvalue weighted by Gasteiger charge is 2.01. The average Bonchev–Trinajstić information content (AvgIpc) is 2.14. The summed E-state index contributed by atoms with van der Waals surface area (Å²) in [5, 5.41) is 0. The van der Waals surface area contributed by atoms with Crippen molar-refractivity contribution in [1.29, 1.82) is 0 Å². The zero-order valence-electron chi connectivity index (χ0n) is 8.73. The molecule has 1 rings (SSSR count). The molecule has 1 atom stereocenters. The Hall–Kier alpha value is -0.610. The number of hydrogen-bond acceptors (Lipinski definition) is 4. The first-order chi connectivity index (χ1) is 6.72. The molecule has 1 aromatic rings. The largest absolute Gasteiger partial charge is 0.328 e. The first-order valence-corrected chi connectivity index (χ1v) is 6.02. The Labute approximate surface area is 89.5 Å². The third-order valence-electron chi connectivity index (χ3n) is 1.73. The van der Waals surface area contributed by atoms with E-state index in [1.807, 2.05) is 30.9 Å². The number of nitrogens with zero attached hydrogens (tertiary/aromatic N) is 2. The van der Waals surface area contributed by atoms with Crippen LogP contribution < -0.4 is 5.73 Å². The molecule has 1 aromatic heterocycles. The van der Waals surface area contributed by atoms with Crippen LogP contribution in [-0.4, -0.2) is 21.8 Å². The van der Waals surface area contributed by atoms with Crippen molar-refractivity contribution in [2.24, 2.45) is 5.73 Å². The summed E-state index contributed by atoms with van der Waals surface area (Å²) in [6.07, 6.45) is 2.64. The van der Waals surface area contributed by atoms with Gasteiger partial charge in [0.1, 0.15) is 5.82 Å². The predicted octanol–water partition coefficient (Wildman–Crippen LogP) is 1.62. The molecule has 0 spiro atoms. The zero-order chi connectivity index (χ0) is 10.4. The number of aromatic nitrogens is 2. The second kappa shape index (κ2) is 5.98. The SMILES string of the molecule is CCSCc1nccc(CC(C)N)n1. The number of hydrogen-bond donors (Lipinski definition) is 1. The van der Waals surface area contributed by atoms with Gasteiger partial charge in [-0.3, -0.25) is 0 Å². The smallest absolute Gasteiger partial charge is 0.138 e. The third-order valence-corrected chi connectivity index (χ3v) is 2.60. The van der Waals surface area contributed by atoms with Gasteiger partial charge in [0.15, 0.2) is 0 Å². The molecule has 0 aliphatic heterocycles. The minimum absolute atomic E-state index is 0.163. The summed E-state index contributed by atoms with van der Waals surface area (Å²) in [6, 6.07) is 2.10. The average molecular weight is 211 g/mol. The molecule has 0 amide bonds. The maximum atomic E-state index is 5.71. The van der Waals surface area contributed by atoms with Crippen LogP contribution in [0.15, 0.2) is 12.3 Å². The Balaban J connectivity index is 2.59. The Morgan fingerprint density at radius 1 is 1.57 bits per heavy atom. The maximum absolute atomic E-state index is 5.71. The van der Waals surface area contributed by atoms with E-state index < -0.39 is 0 Å². The highest BCUT2D eigenvalue weighted by atomic mass is 32.2. The lowest BCUT2D eigenvalue weighted by atomic mass is 10.2. The molecule has 4 heteroatoms. The molecule has 0 aromatic carbocycles. The summed E-state index contributed by atoms with van der Waals surface area (Å²) >= 11 is 1.83. The molecule has 0 saturated carbocycles. The van der Waals surface area contributed by atoms with E-state index in [2.05, 4.69) is 16.9 Å². The highest BCUT2D eigenvalue weighted by Crippen LogP contribution is 2.08. The maximum Gasteiger partial charge on any atom is 0.138 e. The zero-order valence-corrected chi connectivity index (χ0v) is 9.55. The second-order valence-electron chi connectivity index (χ2n) is 3.28. The van der Waals surface area contributed by atoms with E-state index in [4.69, 9.17) is 5.73 Å². The fraction of sp³-hybridized carbons (Fsp3) is 0.600. The fourth-order valence-corrected chi connectivity index (χ4v) is 1.67. The van der Waals surface area contributed by atoms with Gasteiger partial charge in [0.05, 0.1) is 5.75 Å². The second-order valence-corrected chi connectivity index (χ2v) is 4.56. The fourth-order valence-electron chi connectivity index (χ4n) is 1.15. The number of nitrogens with two attached hydrogens (primary N) is 1. The Morgan fingerprint density at radius 3 is 3.00 bits per heavy atom. The van der Waals surface area contributed by atoms with E-state index in [9.17, 15) is 0 Å². The van der Waals surface area contributed by atoms with Gasteiger partial charge in [0.2, 0.25) is 0 Å². The Morgan fingerprint density at radius 2 is 2.36 bits per heavy atom. The van der Waals surface area contributed by atoms with Gasteiger partial charge in [-0.1, -0.05) is 6.92 Å². The lowest BCUT2D eigenvalue weighted by Crippen LogP contribution is -2.18. The number of thioether (sulfide) groups is 1. The van der Waals surface area contributed by atoms with Gasteiger partial charge in [-0.15, -0.1) is 0 Å². The highest BCUT2D eigenvalue weighted by molar-refractivity contribution is 7.98. The summed E-state index contributed by atoms with van der Waals surface area (Å²) in [4.78, 5) is 8.65. The molecule has 1 heterocycles. The lowest BCUT2D eigenvalue weighted by molar-refractivity contribution is 0.715. The van der Waals surface area contributed by atoms with Gasteiger partial charge in [-0.05, 0) is 18.7 Å². The van der Waals surface area contributed by atoms with E-state index in [1.54, 1.807) is 0 Å². The molecular formula is C10H17N3S. The van der Waals surface area contributed by atoms with Crippen LogP contribution in [0.25, 0.3) is 0 Å². The molecule has 2 N–H and O–H groups in total. The quantitative estimate of drug-likeness (QED) is 0.804. The summed E-state index contributed by atoms with van der Waals surface area (Å²) in [5.41, 5.74) is 6.75. The lowest BCUT2D eigenvalue weighted by Gasteiger charge is -2.05. The molecule has 0 bridgehead atoms. The van der Waals surface area contributed by atoms with Crippen LogP contribution in [0.2, 0.25) is 0 Å². The van der Waals surface area contributed by atoms with Crippen LogP contribution in [0.5, 0.6) is 0 Å². The van der Waals surface area contributed by atoms with Crippen LogP contribution >= 0.6 is 11.8 Å². The van der Waals surface area contributed by atoms with Crippen molar-refractivity contribution >= 4 is 11.8 Å². The molecule has 0 aliphatic rings. The third kappa shape index (κ3) is 4.07. The molecule has 3 nitrogen and oxygen atoms in total. The monoisotopic (exact) mass is 211 g/mol. The molecule has 78 valence electrons. The minimum Gasteiger partial charge on any atom is -0.328 e. The summed E-state index contributed by atoms with van der Waals surface area (Å²) in [5.74, 6) is 2.90. The van der Waals surface area contributed by atoms with Crippen molar-refractivity contribution in [1.82, 2.24) is 9.97 Å². The Bertz CT molecular complexity index is 276. The van der Waals surface area contributed by atoms with Crippen molar-refractivity contribution in [2.75, 3.05) is 5.75 Å². The minimum atomic E-state index is 0.163. The van der Waals surface area contributed by atoms with Crippen LogP contribution in [0, 0.1) is 0 Å². The molecule has 0 saturated heterocycles. The Kier molecular flexibility index (Phi) is 4.90. The van der Waals surface area contributed by atoms with Crippen molar-refractivity contribution < 1.29 is 0 Å². The van der Waals surface area contributed by atoms with Gasteiger partial charge >= 0.3 is 0 Å². The van der Waals surface area contributed by atoms with Gasteiger partial charge in [0.25, 0.3) is 0 Å². The van der Waals surface area contributed by atoms with E-state index in [1.165, 1.54) is 0 Å². The van der Waals surface area contributed by atoms with Crippen LogP contribution in [0.1, 0.15) is 25.4 Å². The summed E-state index contributed by atoms with van der Waals surface area (Å²) in [6.45, 7) is 4.12. The van der Waals surface area contributed by atoms with E-state index in [0.717, 1.165) is 29.4 Å². The van der Waals surface area contributed by atoms with Crippen molar-refractivity contribution in [3.8, 4) is 0 Å². The molecule has 0 fully saturated rings. The topological polar surface area (TPSA) is 51.8 Å². The molecule has 0 aliphatic carbocycles. The van der Waals surface area contributed by atoms with Gasteiger partial charge < -0.3 is 5.73 Å². The molecule has 0 radical (unpaired) electrons. The number of rotatable bonds is 5. The van der Waals surface area contributed by atoms with Crippen molar-refractivity contribution in [3.05, 3.63) is 23.8 Å². The molecule has 14 heavy (non-hydrogen) atoms. The first-order valence-electron chi connectivity index (χ1n) is 4.86. The van der Waals surface area contributed by atoms with Crippen LogP contribution in [0.4, 0.5) is 0 Å². The molecular weight excluding hydrogens is 194 g/mol. The van der Waals surface area contributed by atoms with Gasteiger partial charge in [0, 0.05) is 24.4 Å².